The van der Waals surface area contributed by atoms with Crippen LogP contribution in [0, 0.1) is 0 Å². The van der Waals surface area contributed by atoms with Gasteiger partial charge in [0.05, 0.1) is 5.02 Å². The van der Waals surface area contributed by atoms with Gasteiger partial charge < -0.3 is 10.2 Å². The molecule has 1 aliphatic heterocycles. The molecule has 0 spiro atoms. The molecular formula is C14H17Cl2N5. The second-order valence-electron chi connectivity index (χ2n) is 5.16. The minimum Gasteiger partial charge on any atom is -0.339 e. The first kappa shape index (κ1) is 14.6. The van der Waals surface area contributed by atoms with Crippen molar-refractivity contribution in [1.82, 2.24) is 20.5 Å². The Morgan fingerprint density at radius 3 is 2.76 bits per heavy atom. The van der Waals surface area contributed by atoms with E-state index in [0.29, 0.717) is 21.9 Å². The number of hydrogen-bond acceptors (Lipinski definition) is 4. The SMILES string of the molecule is CNC1CCN(c2n[nH]c(-c3cc(Cl)ccc3Cl)n2)CC1. The van der Waals surface area contributed by atoms with Crippen molar-refractivity contribution in [3.8, 4) is 11.4 Å². The highest BCUT2D eigenvalue weighted by Crippen LogP contribution is 2.29. The third kappa shape index (κ3) is 3.15. The van der Waals surface area contributed by atoms with E-state index in [1.54, 1.807) is 18.2 Å². The third-order valence-corrected chi connectivity index (χ3v) is 4.41. The predicted octanol–water partition coefficient (Wildman–Crippen LogP) is 2.97. The molecule has 1 saturated heterocycles. The maximum absolute atomic E-state index is 6.20. The lowest BCUT2D eigenvalue weighted by Gasteiger charge is -2.30. The molecule has 1 fully saturated rings. The van der Waals surface area contributed by atoms with Crippen molar-refractivity contribution >= 4 is 29.2 Å². The first-order valence-corrected chi connectivity index (χ1v) is 7.73. The molecule has 7 heteroatoms. The average Bonchev–Trinajstić information content (AvgIpc) is 2.99. The molecule has 2 heterocycles. The van der Waals surface area contributed by atoms with Gasteiger partial charge in [0, 0.05) is 29.7 Å². The number of halogens is 2. The number of hydrogen-bond donors (Lipinski definition) is 2. The van der Waals surface area contributed by atoms with Crippen LogP contribution in [0.1, 0.15) is 12.8 Å². The number of rotatable bonds is 3. The summed E-state index contributed by atoms with van der Waals surface area (Å²) in [5.41, 5.74) is 0.771. The van der Waals surface area contributed by atoms with Crippen LogP contribution in [-0.2, 0) is 0 Å². The van der Waals surface area contributed by atoms with Gasteiger partial charge in [-0.2, -0.15) is 4.98 Å². The Kier molecular flexibility index (Phi) is 4.33. The van der Waals surface area contributed by atoms with Gasteiger partial charge in [-0.05, 0) is 38.1 Å². The van der Waals surface area contributed by atoms with Crippen LogP contribution in [0.2, 0.25) is 10.0 Å². The first-order valence-electron chi connectivity index (χ1n) is 6.97. The number of aromatic amines is 1. The summed E-state index contributed by atoms with van der Waals surface area (Å²) in [5, 5.41) is 11.8. The fourth-order valence-corrected chi connectivity index (χ4v) is 2.94. The highest BCUT2D eigenvalue weighted by atomic mass is 35.5. The van der Waals surface area contributed by atoms with Crippen molar-refractivity contribution in [2.24, 2.45) is 0 Å². The van der Waals surface area contributed by atoms with E-state index in [9.17, 15) is 0 Å². The molecule has 2 aromatic rings. The molecule has 5 nitrogen and oxygen atoms in total. The van der Waals surface area contributed by atoms with E-state index in [1.165, 1.54) is 0 Å². The van der Waals surface area contributed by atoms with Gasteiger partial charge in [0.25, 0.3) is 0 Å². The summed E-state index contributed by atoms with van der Waals surface area (Å²) < 4.78 is 0. The Morgan fingerprint density at radius 1 is 1.29 bits per heavy atom. The van der Waals surface area contributed by atoms with Gasteiger partial charge in [-0.15, -0.1) is 5.10 Å². The number of nitrogens with one attached hydrogen (secondary N) is 2. The van der Waals surface area contributed by atoms with Crippen molar-refractivity contribution in [3.63, 3.8) is 0 Å². The van der Waals surface area contributed by atoms with E-state index in [1.807, 2.05) is 7.05 Å². The first-order chi connectivity index (χ1) is 10.2. The lowest BCUT2D eigenvalue weighted by molar-refractivity contribution is 0.439. The zero-order chi connectivity index (χ0) is 14.8. The van der Waals surface area contributed by atoms with Crippen molar-refractivity contribution in [3.05, 3.63) is 28.2 Å². The predicted molar refractivity (Wildman–Crippen MR) is 86.1 cm³/mol. The fourth-order valence-electron chi connectivity index (χ4n) is 2.56. The second-order valence-corrected chi connectivity index (χ2v) is 6.00. The molecule has 0 atom stereocenters. The van der Waals surface area contributed by atoms with Gasteiger partial charge in [0.15, 0.2) is 5.82 Å². The number of nitrogens with zero attached hydrogens (tertiary/aromatic N) is 3. The van der Waals surface area contributed by atoms with Gasteiger partial charge in [-0.25, -0.2) is 0 Å². The number of H-pyrrole nitrogens is 1. The van der Waals surface area contributed by atoms with Gasteiger partial charge in [0.2, 0.25) is 5.95 Å². The van der Waals surface area contributed by atoms with Crippen molar-refractivity contribution in [2.45, 2.75) is 18.9 Å². The van der Waals surface area contributed by atoms with Crippen molar-refractivity contribution in [2.75, 3.05) is 25.0 Å². The highest BCUT2D eigenvalue weighted by molar-refractivity contribution is 6.35. The summed E-state index contributed by atoms with van der Waals surface area (Å²) >= 11 is 12.2. The summed E-state index contributed by atoms with van der Waals surface area (Å²) in [6.45, 7) is 1.90. The average molecular weight is 326 g/mol. The summed E-state index contributed by atoms with van der Waals surface area (Å²) in [6, 6.07) is 5.90. The van der Waals surface area contributed by atoms with E-state index in [2.05, 4.69) is 25.4 Å². The summed E-state index contributed by atoms with van der Waals surface area (Å²) in [4.78, 5) is 6.74. The Bertz CT molecular complexity index is 620. The van der Waals surface area contributed by atoms with Crippen LogP contribution in [0.25, 0.3) is 11.4 Å². The number of piperidine rings is 1. The van der Waals surface area contributed by atoms with Crippen LogP contribution >= 0.6 is 23.2 Å². The molecule has 2 N–H and O–H groups in total. The number of anilines is 1. The lowest BCUT2D eigenvalue weighted by Crippen LogP contribution is -2.41. The van der Waals surface area contributed by atoms with E-state index >= 15 is 0 Å². The molecule has 21 heavy (non-hydrogen) atoms. The molecule has 0 unspecified atom stereocenters. The van der Waals surface area contributed by atoms with Gasteiger partial charge in [0.1, 0.15) is 0 Å². The summed E-state index contributed by atoms with van der Waals surface area (Å²) in [5.74, 6) is 1.36. The van der Waals surface area contributed by atoms with Gasteiger partial charge >= 0.3 is 0 Å². The molecule has 0 bridgehead atoms. The molecule has 0 saturated carbocycles. The molecule has 0 amide bonds. The number of benzene rings is 1. The molecule has 1 aromatic carbocycles. The second kappa shape index (κ2) is 6.22. The largest absolute Gasteiger partial charge is 0.339 e. The molecule has 3 rings (SSSR count). The Labute approximate surface area is 133 Å². The minimum absolute atomic E-state index is 0.585. The van der Waals surface area contributed by atoms with Crippen molar-refractivity contribution < 1.29 is 0 Å². The fraction of sp³-hybridized carbons (Fsp3) is 0.429. The molecular weight excluding hydrogens is 309 g/mol. The van der Waals surface area contributed by atoms with Crippen LogP contribution < -0.4 is 10.2 Å². The topological polar surface area (TPSA) is 56.8 Å². The van der Waals surface area contributed by atoms with E-state index in [0.717, 1.165) is 37.4 Å². The molecule has 0 radical (unpaired) electrons. The molecule has 1 aromatic heterocycles. The van der Waals surface area contributed by atoms with Crippen LogP contribution in [0.15, 0.2) is 18.2 Å². The minimum atomic E-state index is 0.585. The van der Waals surface area contributed by atoms with E-state index < -0.39 is 0 Å². The summed E-state index contributed by atoms with van der Waals surface area (Å²) in [7, 11) is 2.01. The maximum Gasteiger partial charge on any atom is 0.245 e. The zero-order valence-corrected chi connectivity index (χ0v) is 13.2. The Hall–Kier alpha value is -1.30. The highest BCUT2D eigenvalue weighted by Gasteiger charge is 2.21. The maximum atomic E-state index is 6.20. The summed E-state index contributed by atoms with van der Waals surface area (Å²) in [6.07, 6.45) is 2.19. The van der Waals surface area contributed by atoms with E-state index in [4.69, 9.17) is 23.2 Å². The van der Waals surface area contributed by atoms with Crippen LogP contribution in [0.5, 0.6) is 0 Å². The van der Waals surface area contributed by atoms with E-state index in [-0.39, 0.29) is 0 Å². The molecule has 112 valence electrons. The lowest BCUT2D eigenvalue weighted by atomic mass is 10.1. The normalized spacial score (nSPS) is 16.4. The monoisotopic (exact) mass is 325 g/mol. The van der Waals surface area contributed by atoms with Gasteiger partial charge in [-0.1, -0.05) is 23.2 Å². The van der Waals surface area contributed by atoms with Crippen LogP contribution in [0.3, 0.4) is 0 Å². The van der Waals surface area contributed by atoms with Crippen LogP contribution in [-0.4, -0.2) is 41.4 Å². The standard InChI is InChI=1S/C14H17Cl2N5/c1-17-10-4-6-21(7-5-10)14-18-13(19-20-14)11-8-9(15)2-3-12(11)16/h2-3,8,10,17H,4-7H2,1H3,(H,18,19,20). The molecule has 1 aliphatic rings. The molecule has 0 aliphatic carbocycles. The Balaban J connectivity index is 1.79. The van der Waals surface area contributed by atoms with Crippen LogP contribution in [0.4, 0.5) is 5.95 Å². The number of aromatic nitrogens is 3. The Morgan fingerprint density at radius 2 is 2.05 bits per heavy atom. The quantitative estimate of drug-likeness (QED) is 0.910. The van der Waals surface area contributed by atoms with Gasteiger partial charge in [-0.3, -0.25) is 5.10 Å². The van der Waals surface area contributed by atoms with Crippen molar-refractivity contribution in [1.29, 1.82) is 0 Å². The zero-order valence-electron chi connectivity index (χ0n) is 11.7. The third-order valence-electron chi connectivity index (χ3n) is 3.84. The smallest absolute Gasteiger partial charge is 0.245 e.